The average molecular weight is 548 g/mol. The molecule has 2 aliphatic rings. The van der Waals surface area contributed by atoms with Crippen LogP contribution in [-0.2, 0) is 24.3 Å². The minimum Gasteiger partial charge on any atom is -0.507 e. The molecule has 0 radical (unpaired) electrons. The van der Waals surface area contributed by atoms with Crippen molar-refractivity contribution in [1.82, 2.24) is 14.1 Å². The third-order valence-electron chi connectivity index (χ3n) is 6.61. The van der Waals surface area contributed by atoms with Gasteiger partial charge < -0.3 is 14.7 Å². The number of halogens is 1. The average Bonchev–Trinajstić information content (AvgIpc) is 3.14. The number of nitrogens with zero attached hydrogens (tertiary/aromatic N) is 3. The highest BCUT2D eigenvalue weighted by atomic mass is 35.5. The first-order chi connectivity index (χ1) is 17.6. The summed E-state index contributed by atoms with van der Waals surface area (Å²) >= 11 is 6.07. The number of hydrogen-bond donors (Lipinski definition) is 1. The van der Waals surface area contributed by atoms with Gasteiger partial charge in [0.1, 0.15) is 5.76 Å². The molecule has 0 aromatic heterocycles. The molecule has 0 saturated carbocycles. The molecule has 0 unspecified atom stereocenters. The highest BCUT2D eigenvalue weighted by molar-refractivity contribution is 7.89. The van der Waals surface area contributed by atoms with E-state index < -0.39 is 27.8 Å². The second-order valence-electron chi connectivity index (χ2n) is 9.16. The number of ketones is 1. The molecule has 2 saturated heterocycles. The third kappa shape index (κ3) is 5.73. The Bertz CT molecular complexity index is 1290. The lowest BCUT2D eigenvalue weighted by molar-refractivity contribution is -0.140. The number of amides is 1. The maximum atomic E-state index is 13.2. The smallest absolute Gasteiger partial charge is 0.295 e. The van der Waals surface area contributed by atoms with Gasteiger partial charge in [0.05, 0.1) is 29.7 Å². The van der Waals surface area contributed by atoms with E-state index in [9.17, 15) is 23.1 Å². The van der Waals surface area contributed by atoms with E-state index in [-0.39, 0.29) is 21.8 Å². The van der Waals surface area contributed by atoms with Crippen LogP contribution in [0.25, 0.3) is 5.76 Å². The number of sulfonamides is 1. The summed E-state index contributed by atoms with van der Waals surface area (Å²) in [5, 5.41) is 11.7. The summed E-state index contributed by atoms with van der Waals surface area (Å²) in [6.45, 7) is 4.05. The zero-order chi connectivity index (χ0) is 26.7. The van der Waals surface area contributed by atoms with Crippen LogP contribution in [0.2, 0.25) is 5.02 Å². The molecule has 9 nitrogen and oxygen atoms in total. The molecule has 37 heavy (non-hydrogen) atoms. The first-order valence-electron chi connectivity index (χ1n) is 12.0. The molecule has 0 aliphatic carbocycles. The maximum absolute atomic E-state index is 13.2. The molecule has 0 spiro atoms. The number of benzene rings is 2. The quantitative estimate of drug-likeness (QED) is 0.307. The molecule has 2 aromatic carbocycles. The number of carbonyl (C=O) groups excluding carboxylic acids is 2. The van der Waals surface area contributed by atoms with Gasteiger partial charge in [-0.1, -0.05) is 23.7 Å². The SMILES string of the molecule is CN(C)S(=O)(=O)c1ccc(/C(O)=C2\C(=O)C(=O)N(CCCN3CCOCC3)[C@H]2c2ccc(Cl)cc2)cc1. The monoisotopic (exact) mass is 547 g/mol. The molecule has 2 aromatic rings. The fourth-order valence-electron chi connectivity index (χ4n) is 4.54. The van der Waals surface area contributed by atoms with Gasteiger partial charge in [-0.25, -0.2) is 12.7 Å². The minimum absolute atomic E-state index is 0.0399. The van der Waals surface area contributed by atoms with Crippen molar-refractivity contribution in [3.8, 4) is 0 Å². The third-order valence-corrected chi connectivity index (χ3v) is 8.69. The fraction of sp³-hybridized carbons (Fsp3) is 0.385. The van der Waals surface area contributed by atoms with Crippen LogP contribution in [0.15, 0.2) is 59.0 Å². The van der Waals surface area contributed by atoms with Crippen LogP contribution in [0.3, 0.4) is 0 Å². The van der Waals surface area contributed by atoms with Gasteiger partial charge >= 0.3 is 0 Å². The van der Waals surface area contributed by atoms with E-state index in [4.69, 9.17) is 16.3 Å². The second kappa shape index (κ2) is 11.3. The van der Waals surface area contributed by atoms with Crippen LogP contribution in [0, 0.1) is 0 Å². The molecule has 2 aliphatic heterocycles. The number of ether oxygens (including phenoxy) is 1. The normalized spacial score (nSPS) is 20.6. The van der Waals surface area contributed by atoms with Crippen molar-refractivity contribution in [3.63, 3.8) is 0 Å². The summed E-state index contributed by atoms with van der Waals surface area (Å²) in [6, 6.07) is 11.6. The Hall–Kier alpha value is -2.76. The first-order valence-corrected chi connectivity index (χ1v) is 13.8. The number of rotatable bonds is 8. The number of Topliss-reactive ketones (excluding diaryl/α,β-unsaturated/α-hetero) is 1. The van der Waals surface area contributed by atoms with Crippen molar-refractivity contribution in [1.29, 1.82) is 0 Å². The first kappa shape index (κ1) is 27.3. The van der Waals surface area contributed by atoms with Crippen LogP contribution in [0.1, 0.15) is 23.6 Å². The van der Waals surface area contributed by atoms with E-state index in [2.05, 4.69) is 4.90 Å². The predicted molar refractivity (Wildman–Crippen MR) is 140 cm³/mol. The summed E-state index contributed by atoms with van der Waals surface area (Å²) < 4.78 is 31.3. The van der Waals surface area contributed by atoms with Gasteiger partial charge in [0.25, 0.3) is 11.7 Å². The Morgan fingerprint density at radius 2 is 1.65 bits per heavy atom. The largest absolute Gasteiger partial charge is 0.507 e. The molecule has 2 fully saturated rings. The minimum atomic E-state index is -3.66. The van der Waals surface area contributed by atoms with Crippen molar-refractivity contribution in [2.45, 2.75) is 17.4 Å². The molecule has 2 heterocycles. The van der Waals surface area contributed by atoms with E-state index in [0.717, 1.165) is 23.9 Å². The highest BCUT2D eigenvalue weighted by Gasteiger charge is 2.45. The number of aliphatic hydroxyl groups excluding tert-OH is 1. The molecule has 1 amide bonds. The van der Waals surface area contributed by atoms with Crippen molar-refractivity contribution < 1.29 is 27.9 Å². The summed E-state index contributed by atoms with van der Waals surface area (Å²) in [5.41, 5.74) is 0.841. The lowest BCUT2D eigenvalue weighted by atomic mass is 9.95. The van der Waals surface area contributed by atoms with E-state index in [1.54, 1.807) is 24.3 Å². The second-order valence-corrected chi connectivity index (χ2v) is 11.8. The Morgan fingerprint density at radius 3 is 2.24 bits per heavy atom. The Balaban J connectivity index is 1.68. The molecular weight excluding hydrogens is 518 g/mol. The van der Waals surface area contributed by atoms with E-state index in [0.29, 0.717) is 36.8 Å². The zero-order valence-corrected chi connectivity index (χ0v) is 22.3. The molecule has 198 valence electrons. The van der Waals surface area contributed by atoms with Gasteiger partial charge in [-0.2, -0.15) is 0 Å². The van der Waals surface area contributed by atoms with Gasteiger partial charge in [0.15, 0.2) is 0 Å². The van der Waals surface area contributed by atoms with Gasteiger partial charge in [0, 0.05) is 50.9 Å². The van der Waals surface area contributed by atoms with Crippen molar-refractivity contribution >= 4 is 39.1 Å². The Labute approximate surface area is 221 Å². The maximum Gasteiger partial charge on any atom is 0.295 e. The number of aliphatic hydroxyl groups is 1. The molecule has 11 heteroatoms. The zero-order valence-electron chi connectivity index (χ0n) is 20.8. The van der Waals surface area contributed by atoms with Crippen LogP contribution < -0.4 is 0 Å². The van der Waals surface area contributed by atoms with Crippen LogP contribution in [0.4, 0.5) is 0 Å². The van der Waals surface area contributed by atoms with Crippen LogP contribution in [-0.4, -0.2) is 92.8 Å². The van der Waals surface area contributed by atoms with Gasteiger partial charge in [-0.05, 0) is 48.4 Å². The Morgan fingerprint density at radius 1 is 1.03 bits per heavy atom. The summed E-state index contributed by atoms with van der Waals surface area (Å²) in [4.78, 5) is 30.1. The fourth-order valence-corrected chi connectivity index (χ4v) is 5.57. The van der Waals surface area contributed by atoms with Crippen LogP contribution >= 0.6 is 11.6 Å². The molecule has 4 rings (SSSR count). The lowest BCUT2D eigenvalue weighted by Crippen LogP contribution is -2.38. The summed E-state index contributed by atoms with van der Waals surface area (Å²) in [5.74, 6) is -1.83. The van der Waals surface area contributed by atoms with Crippen molar-refractivity contribution in [3.05, 3.63) is 70.3 Å². The highest BCUT2D eigenvalue weighted by Crippen LogP contribution is 2.40. The van der Waals surface area contributed by atoms with Crippen molar-refractivity contribution in [2.75, 3.05) is 53.5 Å². The van der Waals surface area contributed by atoms with Crippen LogP contribution in [0.5, 0.6) is 0 Å². The molecule has 0 bridgehead atoms. The van der Waals surface area contributed by atoms with E-state index in [1.807, 2.05) is 0 Å². The Kier molecular flexibility index (Phi) is 8.35. The summed E-state index contributed by atoms with van der Waals surface area (Å²) in [6.07, 6.45) is 0.647. The number of hydrogen-bond acceptors (Lipinski definition) is 7. The van der Waals surface area contributed by atoms with E-state index >= 15 is 0 Å². The van der Waals surface area contributed by atoms with Gasteiger partial charge in [-0.3, -0.25) is 14.5 Å². The molecule has 1 N–H and O–H groups in total. The predicted octanol–water partition coefficient (Wildman–Crippen LogP) is 2.73. The van der Waals surface area contributed by atoms with Crippen molar-refractivity contribution in [2.24, 2.45) is 0 Å². The number of carbonyl (C=O) groups is 2. The topological polar surface area (TPSA) is 107 Å². The summed E-state index contributed by atoms with van der Waals surface area (Å²) in [7, 11) is -0.809. The lowest BCUT2D eigenvalue weighted by Gasteiger charge is -2.29. The number of likely N-dealkylation sites (tertiary alicyclic amines) is 1. The number of morpholine rings is 1. The van der Waals surface area contributed by atoms with Gasteiger partial charge in [-0.15, -0.1) is 0 Å². The standard InChI is InChI=1S/C26H30ClN3O6S/c1-28(2)37(34,35)21-10-6-19(7-11-21)24(31)22-23(18-4-8-20(27)9-5-18)30(26(33)25(22)32)13-3-12-29-14-16-36-17-15-29/h4-11,23,31H,3,12-17H2,1-2H3/b24-22+/t23-/m0/s1. The molecule has 1 atom stereocenters. The molecular formula is C26H30ClN3O6S. The van der Waals surface area contributed by atoms with Gasteiger partial charge in [0.2, 0.25) is 10.0 Å². The van der Waals surface area contributed by atoms with E-state index in [1.165, 1.54) is 43.3 Å².